The number of rotatable bonds is 9. The molecule has 0 radical (unpaired) electrons. The Morgan fingerprint density at radius 2 is 1.56 bits per heavy atom. The third-order valence-corrected chi connectivity index (χ3v) is 2.20. The van der Waals surface area contributed by atoms with Crippen molar-refractivity contribution in [3.63, 3.8) is 0 Å². The van der Waals surface area contributed by atoms with Crippen LogP contribution >= 0.6 is 0 Å². The fourth-order valence-corrected chi connectivity index (χ4v) is 1.66. The summed E-state index contributed by atoms with van der Waals surface area (Å²) in [5.74, 6) is 0.657. The summed E-state index contributed by atoms with van der Waals surface area (Å²) in [5, 5.41) is 0. The maximum absolute atomic E-state index is 5.90. The fraction of sp³-hybridized carbons (Fsp3) is 1.00. The lowest BCUT2D eigenvalue weighted by Gasteiger charge is -2.23. The highest BCUT2D eigenvalue weighted by Crippen LogP contribution is 2.10. The predicted octanol–water partition coefficient (Wildman–Crippen LogP) is 2.88. The van der Waals surface area contributed by atoms with Gasteiger partial charge in [-0.15, -0.1) is 0 Å². The van der Waals surface area contributed by atoms with Crippen molar-refractivity contribution in [1.82, 2.24) is 0 Å². The summed E-state index contributed by atoms with van der Waals surface area (Å²) >= 11 is 0. The van der Waals surface area contributed by atoms with Gasteiger partial charge in [0.25, 0.3) is 0 Å². The fourth-order valence-electron chi connectivity index (χ4n) is 1.66. The van der Waals surface area contributed by atoms with E-state index < -0.39 is 0 Å². The molecule has 0 aromatic heterocycles. The standard InChI is InChI=1S/C13H28O3/c1-10(2)7-12(5)16-13(8-14-6)9-15-11(3)4/h10-13H,7-9H2,1-6H3. The summed E-state index contributed by atoms with van der Waals surface area (Å²) in [6.45, 7) is 11.8. The Labute approximate surface area is 100 Å². The minimum absolute atomic E-state index is 0.0427. The highest BCUT2D eigenvalue weighted by Gasteiger charge is 2.15. The molecule has 0 aliphatic carbocycles. The Bertz CT molecular complexity index is 157. The molecule has 98 valence electrons. The van der Waals surface area contributed by atoms with Crippen LogP contribution in [-0.4, -0.2) is 38.6 Å². The third-order valence-electron chi connectivity index (χ3n) is 2.20. The molecule has 0 fully saturated rings. The van der Waals surface area contributed by atoms with Crippen molar-refractivity contribution in [2.45, 2.75) is 59.4 Å². The summed E-state index contributed by atoms with van der Waals surface area (Å²) in [5.41, 5.74) is 0. The van der Waals surface area contributed by atoms with E-state index in [9.17, 15) is 0 Å². The Balaban J connectivity index is 3.90. The number of methoxy groups -OCH3 is 1. The van der Waals surface area contributed by atoms with Crippen molar-refractivity contribution < 1.29 is 14.2 Å². The van der Waals surface area contributed by atoms with Crippen LogP contribution < -0.4 is 0 Å². The summed E-state index contributed by atoms with van der Waals surface area (Å²) < 4.78 is 16.6. The molecule has 3 nitrogen and oxygen atoms in total. The molecule has 0 aromatic carbocycles. The molecule has 2 unspecified atom stereocenters. The molecule has 0 aromatic rings. The van der Waals surface area contributed by atoms with Gasteiger partial charge in [-0.3, -0.25) is 0 Å². The largest absolute Gasteiger partial charge is 0.382 e. The molecule has 3 heteroatoms. The number of ether oxygens (including phenoxy) is 3. The van der Waals surface area contributed by atoms with Crippen LogP contribution in [-0.2, 0) is 14.2 Å². The van der Waals surface area contributed by atoms with E-state index in [2.05, 4.69) is 20.8 Å². The predicted molar refractivity (Wildman–Crippen MR) is 66.8 cm³/mol. The zero-order valence-electron chi connectivity index (χ0n) is 11.7. The normalized spacial score (nSPS) is 15.8. The van der Waals surface area contributed by atoms with E-state index in [0.717, 1.165) is 6.42 Å². The zero-order chi connectivity index (χ0) is 12.6. The van der Waals surface area contributed by atoms with Crippen LogP contribution in [0.5, 0.6) is 0 Å². The van der Waals surface area contributed by atoms with Gasteiger partial charge in [-0.1, -0.05) is 13.8 Å². The van der Waals surface area contributed by atoms with Gasteiger partial charge in [-0.05, 0) is 33.1 Å². The second kappa shape index (κ2) is 8.97. The van der Waals surface area contributed by atoms with E-state index in [1.54, 1.807) is 7.11 Å². The molecule has 0 saturated heterocycles. The first-order valence-electron chi connectivity index (χ1n) is 6.21. The molecule has 0 spiro atoms. The van der Waals surface area contributed by atoms with Gasteiger partial charge in [0.1, 0.15) is 6.10 Å². The minimum atomic E-state index is 0.0427. The second-order valence-electron chi connectivity index (χ2n) is 5.04. The smallest absolute Gasteiger partial charge is 0.104 e. The van der Waals surface area contributed by atoms with Gasteiger partial charge < -0.3 is 14.2 Å². The van der Waals surface area contributed by atoms with Crippen LogP contribution in [0.4, 0.5) is 0 Å². The molecule has 0 amide bonds. The van der Waals surface area contributed by atoms with Gasteiger partial charge in [-0.25, -0.2) is 0 Å². The molecule has 0 N–H and O–H groups in total. The zero-order valence-corrected chi connectivity index (χ0v) is 11.7. The molecular weight excluding hydrogens is 204 g/mol. The Morgan fingerprint density at radius 1 is 0.938 bits per heavy atom. The van der Waals surface area contributed by atoms with Crippen molar-refractivity contribution in [3.05, 3.63) is 0 Å². The lowest BCUT2D eigenvalue weighted by Crippen LogP contribution is -2.30. The molecule has 0 aliphatic rings. The molecule has 0 aliphatic heterocycles. The van der Waals surface area contributed by atoms with Crippen molar-refractivity contribution >= 4 is 0 Å². The third kappa shape index (κ3) is 9.13. The topological polar surface area (TPSA) is 27.7 Å². The van der Waals surface area contributed by atoms with Gasteiger partial charge in [0.15, 0.2) is 0 Å². The van der Waals surface area contributed by atoms with Crippen LogP contribution in [0, 0.1) is 5.92 Å². The van der Waals surface area contributed by atoms with E-state index in [1.807, 2.05) is 13.8 Å². The second-order valence-corrected chi connectivity index (χ2v) is 5.04. The van der Waals surface area contributed by atoms with Gasteiger partial charge in [0.2, 0.25) is 0 Å². The quantitative estimate of drug-likeness (QED) is 0.612. The summed E-state index contributed by atoms with van der Waals surface area (Å²) in [6, 6.07) is 0. The highest BCUT2D eigenvalue weighted by atomic mass is 16.6. The molecular formula is C13H28O3. The monoisotopic (exact) mass is 232 g/mol. The highest BCUT2D eigenvalue weighted by molar-refractivity contribution is 4.61. The number of hydrogen-bond donors (Lipinski definition) is 0. The van der Waals surface area contributed by atoms with Crippen LogP contribution in [0.15, 0.2) is 0 Å². The van der Waals surface area contributed by atoms with Crippen LogP contribution in [0.1, 0.15) is 41.0 Å². The van der Waals surface area contributed by atoms with Gasteiger partial charge in [0.05, 0.1) is 25.4 Å². The molecule has 0 bridgehead atoms. The van der Waals surface area contributed by atoms with E-state index in [4.69, 9.17) is 14.2 Å². The average Bonchev–Trinajstić information content (AvgIpc) is 2.13. The molecule has 0 saturated carbocycles. The average molecular weight is 232 g/mol. The first-order valence-corrected chi connectivity index (χ1v) is 6.21. The van der Waals surface area contributed by atoms with Crippen molar-refractivity contribution in [2.75, 3.05) is 20.3 Å². The first-order chi connectivity index (χ1) is 7.45. The maximum Gasteiger partial charge on any atom is 0.104 e. The lowest BCUT2D eigenvalue weighted by molar-refractivity contribution is -0.0932. The van der Waals surface area contributed by atoms with Crippen LogP contribution in [0.3, 0.4) is 0 Å². The molecule has 2 atom stereocenters. The lowest BCUT2D eigenvalue weighted by atomic mass is 10.1. The van der Waals surface area contributed by atoms with E-state index in [0.29, 0.717) is 19.1 Å². The van der Waals surface area contributed by atoms with Gasteiger partial charge >= 0.3 is 0 Å². The molecule has 0 rings (SSSR count). The minimum Gasteiger partial charge on any atom is -0.382 e. The van der Waals surface area contributed by atoms with E-state index in [1.165, 1.54) is 0 Å². The number of hydrogen-bond acceptors (Lipinski definition) is 3. The molecule has 0 heterocycles. The summed E-state index contributed by atoms with van der Waals surface area (Å²) in [4.78, 5) is 0. The van der Waals surface area contributed by atoms with Crippen molar-refractivity contribution in [2.24, 2.45) is 5.92 Å². The van der Waals surface area contributed by atoms with Crippen molar-refractivity contribution in [3.8, 4) is 0 Å². The van der Waals surface area contributed by atoms with Gasteiger partial charge in [0, 0.05) is 7.11 Å². The summed E-state index contributed by atoms with van der Waals surface area (Å²) in [6.07, 6.45) is 1.61. The first kappa shape index (κ1) is 15.9. The molecule has 16 heavy (non-hydrogen) atoms. The SMILES string of the molecule is COCC(COC(C)C)OC(C)CC(C)C. The van der Waals surface area contributed by atoms with Crippen LogP contribution in [0.2, 0.25) is 0 Å². The Kier molecular flexibility index (Phi) is 8.90. The van der Waals surface area contributed by atoms with E-state index in [-0.39, 0.29) is 18.3 Å². The van der Waals surface area contributed by atoms with Gasteiger partial charge in [-0.2, -0.15) is 0 Å². The Hall–Kier alpha value is -0.120. The summed E-state index contributed by atoms with van der Waals surface area (Å²) in [7, 11) is 1.69. The Morgan fingerprint density at radius 3 is 2.00 bits per heavy atom. The van der Waals surface area contributed by atoms with Crippen LogP contribution in [0.25, 0.3) is 0 Å². The van der Waals surface area contributed by atoms with Crippen molar-refractivity contribution in [1.29, 1.82) is 0 Å². The maximum atomic E-state index is 5.90. The van der Waals surface area contributed by atoms with E-state index >= 15 is 0 Å².